The van der Waals surface area contributed by atoms with Gasteiger partial charge < -0.3 is 0 Å². The standard InChI is InChI=1S/C13H16BrNOS/c1-10-9-17-6-5-15(10)8-13(16)11-3-2-4-12(14)7-11/h2-4,7,10H,5-6,8-9H2,1H3. The van der Waals surface area contributed by atoms with E-state index >= 15 is 0 Å². The Morgan fingerprint density at radius 1 is 1.59 bits per heavy atom. The van der Waals surface area contributed by atoms with Crippen LogP contribution >= 0.6 is 27.7 Å². The van der Waals surface area contributed by atoms with Gasteiger partial charge in [0.05, 0.1) is 6.54 Å². The van der Waals surface area contributed by atoms with Crippen LogP contribution in [0.3, 0.4) is 0 Å². The van der Waals surface area contributed by atoms with E-state index in [1.807, 2.05) is 36.0 Å². The molecule has 4 heteroatoms. The van der Waals surface area contributed by atoms with Crippen molar-refractivity contribution in [2.75, 3.05) is 24.6 Å². The minimum atomic E-state index is 0.213. The summed E-state index contributed by atoms with van der Waals surface area (Å²) in [6.07, 6.45) is 0. The van der Waals surface area contributed by atoms with E-state index in [-0.39, 0.29) is 5.78 Å². The summed E-state index contributed by atoms with van der Waals surface area (Å²) >= 11 is 5.37. The van der Waals surface area contributed by atoms with Gasteiger partial charge in [-0.3, -0.25) is 9.69 Å². The van der Waals surface area contributed by atoms with Crippen LogP contribution in [-0.2, 0) is 0 Å². The molecule has 0 saturated carbocycles. The maximum atomic E-state index is 12.1. The van der Waals surface area contributed by atoms with Crippen molar-refractivity contribution in [1.29, 1.82) is 0 Å². The molecular weight excluding hydrogens is 298 g/mol. The number of Topliss-reactive ketones (excluding diaryl/α,β-unsaturated/α-hetero) is 1. The molecule has 92 valence electrons. The first-order valence-electron chi connectivity index (χ1n) is 5.77. The van der Waals surface area contributed by atoms with Gasteiger partial charge in [-0.2, -0.15) is 11.8 Å². The van der Waals surface area contributed by atoms with Gasteiger partial charge >= 0.3 is 0 Å². The highest BCUT2D eigenvalue weighted by Crippen LogP contribution is 2.17. The fourth-order valence-electron chi connectivity index (χ4n) is 1.93. The second-order valence-corrected chi connectivity index (χ2v) is 6.39. The number of halogens is 1. The number of rotatable bonds is 3. The zero-order valence-electron chi connectivity index (χ0n) is 9.86. The molecule has 0 radical (unpaired) electrons. The Labute approximate surface area is 115 Å². The Morgan fingerprint density at radius 2 is 2.41 bits per heavy atom. The third-order valence-corrected chi connectivity index (χ3v) is 4.68. The van der Waals surface area contributed by atoms with E-state index in [1.165, 1.54) is 0 Å². The van der Waals surface area contributed by atoms with Gasteiger partial charge in [0.25, 0.3) is 0 Å². The number of nitrogens with zero attached hydrogens (tertiary/aromatic N) is 1. The lowest BCUT2D eigenvalue weighted by molar-refractivity contribution is 0.0911. The lowest BCUT2D eigenvalue weighted by Crippen LogP contribution is -2.43. The average molecular weight is 314 g/mol. The molecule has 2 nitrogen and oxygen atoms in total. The topological polar surface area (TPSA) is 20.3 Å². The Morgan fingerprint density at radius 3 is 3.12 bits per heavy atom. The molecule has 1 aliphatic rings. The monoisotopic (exact) mass is 313 g/mol. The fourth-order valence-corrected chi connectivity index (χ4v) is 3.42. The molecule has 1 aromatic carbocycles. The number of thioether (sulfide) groups is 1. The van der Waals surface area contributed by atoms with E-state index in [0.717, 1.165) is 28.1 Å². The third kappa shape index (κ3) is 3.57. The van der Waals surface area contributed by atoms with Gasteiger partial charge in [0, 0.05) is 34.1 Å². The molecule has 1 atom stereocenters. The summed E-state index contributed by atoms with van der Waals surface area (Å²) in [5, 5.41) is 0. The maximum Gasteiger partial charge on any atom is 0.176 e. The van der Waals surface area contributed by atoms with Crippen LogP contribution in [0.15, 0.2) is 28.7 Å². The highest BCUT2D eigenvalue weighted by molar-refractivity contribution is 9.10. The summed E-state index contributed by atoms with van der Waals surface area (Å²) in [5.74, 6) is 2.48. The third-order valence-electron chi connectivity index (χ3n) is 3.00. The SMILES string of the molecule is CC1CSCCN1CC(=O)c1cccc(Br)c1. The fraction of sp³-hybridized carbons (Fsp3) is 0.462. The van der Waals surface area contributed by atoms with Crippen LogP contribution in [0, 0.1) is 0 Å². The van der Waals surface area contributed by atoms with Crippen molar-refractivity contribution in [3.05, 3.63) is 34.3 Å². The second kappa shape index (κ2) is 6.03. The van der Waals surface area contributed by atoms with Crippen molar-refractivity contribution in [1.82, 2.24) is 4.90 Å². The molecule has 1 saturated heterocycles. The Bertz CT molecular complexity index is 410. The lowest BCUT2D eigenvalue weighted by atomic mass is 10.1. The largest absolute Gasteiger partial charge is 0.293 e. The van der Waals surface area contributed by atoms with Gasteiger partial charge in [-0.15, -0.1) is 0 Å². The smallest absolute Gasteiger partial charge is 0.176 e. The van der Waals surface area contributed by atoms with E-state index in [4.69, 9.17) is 0 Å². The number of carbonyl (C=O) groups excluding carboxylic acids is 1. The van der Waals surface area contributed by atoms with Crippen LogP contribution in [-0.4, -0.2) is 41.3 Å². The first-order valence-corrected chi connectivity index (χ1v) is 7.72. The number of hydrogen-bond donors (Lipinski definition) is 0. The molecule has 1 aliphatic heterocycles. The Hall–Kier alpha value is -0.320. The van der Waals surface area contributed by atoms with Crippen molar-refractivity contribution >= 4 is 33.5 Å². The van der Waals surface area contributed by atoms with Gasteiger partial charge in [-0.05, 0) is 19.1 Å². The molecule has 1 aromatic rings. The van der Waals surface area contributed by atoms with E-state index < -0.39 is 0 Å². The van der Waals surface area contributed by atoms with Crippen LogP contribution in [0.25, 0.3) is 0 Å². The Kier molecular flexibility index (Phi) is 4.65. The maximum absolute atomic E-state index is 12.1. The van der Waals surface area contributed by atoms with Crippen LogP contribution in [0.1, 0.15) is 17.3 Å². The average Bonchev–Trinajstić information content (AvgIpc) is 2.32. The summed E-state index contributed by atoms with van der Waals surface area (Å²) < 4.78 is 0.964. The Balaban J connectivity index is 2.01. The van der Waals surface area contributed by atoms with E-state index in [9.17, 15) is 4.79 Å². The zero-order chi connectivity index (χ0) is 12.3. The highest BCUT2D eigenvalue weighted by Gasteiger charge is 2.21. The molecule has 1 unspecified atom stereocenters. The summed E-state index contributed by atoms with van der Waals surface area (Å²) in [6, 6.07) is 8.14. The normalized spacial score (nSPS) is 21.4. The second-order valence-electron chi connectivity index (χ2n) is 4.33. The van der Waals surface area contributed by atoms with Crippen LogP contribution in [0.4, 0.5) is 0 Å². The molecule has 17 heavy (non-hydrogen) atoms. The van der Waals surface area contributed by atoms with E-state index in [0.29, 0.717) is 12.6 Å². The molecule has 0 N–H and O–H groups in total. The molecular formula is C13H16BrNOS. The van der Waals surface area contributed by atoms with Gasteiger partial charge in [0.15, 0.2) is 5.78 Å². The molecule has 1 heterocycles. The number of hydrogen-bond acceptors (Lipinski definition) is 3. The van der Waals surface area contributed by atoms with Crippen LogP contribution in [0.2, 0.25) is 0 Å². The first-order chi connectivity index (χ1) is 8.16. The quantitative estimate of drug-likeness (QED) is 0.800. The number of benzene rings is 1. The summed E-state index contributed by atoms with van der Waals surface area (Å²) in [5.41, 5.74) is 0.796. The summed E-state index contributed by atoms with van der Waals surface area (Å²) in [4.78, 5) is 14.4. The number of carbonyl (C=O) groups is 1. The molecule has 0 aliphatic carbocycles. The minimum absolute atomic E-state index is 0.213. The number of ketones is 1. The van der Waals surface area contributed by atoms with Crippen molar-refractivity contribution in [2.45, 2.75) is 13.0 Å². The molecule has 2 rings (SSSR count). The van der Waals surface area contributed by atoms with Crippen molar-refractivity contribution in [3.63, 3.8) is 0 Å². The van der Waals surface area contributed by atoms with Crippen molar-refractivity contribution in [2.24, 2.45) is 0 Å². The highest BCUT2D eigenvalue weighted by atomic mass is 79.9. The molecule has 0 aromatic heterocycles. The summed E-state index contributed by atoms with van der Waals surface area (Å²) in [6.45, 7) is 3.75. The van der Waals surface area contributed by atoms with Gasteiger partial charge in [-0.1, -0.05) is 28.1 Å². The van der Waals surface area contributed by atoms with Crippen molar-refractivity contribution < 1.29 is 4.79 Å². The predicted octanol–water partition coefficient (Wildman–Crippen LogP) is 3.07. The van der Waals surface area contributed by atoms with Crippen LogP contribution in [0.5, 0.6) is 0 Å². The predicted molar refractivity (Wildman–Crippen MR) is 76.8 cm³/mol. The molecule has 0 bridgehead atoms. The van der Waals surface area contributed by atoms with Gasteiger partial charge in [-0.25, -0.2) is 0 Å². The lowest BCUT2D eigenvalue weighted by Gasteiger charge is -2.32. The van der Waals surface area contributed by atoms with E-state index in [2.05, 4.69) is 27.8 Å². The zero-order valence-corrected chi connectivity index (χ0v) is 12.3. The molecule has 0 amide bonds. The molecule has 0 spiro atoms. The van der Waals surface area contributed by atoms with Crippen LogP contribution < -0.4 is 0 Å². The van der Waals surface area contributed by atoms with Gasteiger partial charge in [0.2, 0.25) is 0 Å². The summed E-state index contributed by atoms with van der Waals surface area (Å²) in [7, 11) is 0. The minimum Gasteiger partial charge on any atom is -0.293 e. The van der Waals surface area contributed by atoms with Gasteiger partial charge in [0.1, 0.15) is 0 Å². The first kappa shape index (κ1) is 13.1. The van der Waals surface area contributed by atoms with Crippen molar-refractivity contribution in [3.8, 4) is 0 Å². The van der Waals surface area contributed by atoms with E-state index in [1.54, 1.807) is 0 Å². The molecule has 1 fully saturated rings.